The summed E-state index contributed by atoms with van der Waals surface area (Å²) in [6, 6.07) is 0. The van der Waals surface area contributed by atoms with Crippen LogP contribution in [0.3, 0.4) is 0 Å². The molecule has 0 aromatic carbocycles. The average Bonchev–Trinajstić information content (AvgIpc) is 2.85. The molecule has 104 valence electrons. The lowest BCUT2D eigenvalue weighted by molar-refractivity contribution is 0.0705. The highest BCUT2D eigenvalue weighted by molar-refractivity contribution is 5.86. The van der Waals surface area contributed by atoms with E-state index in [0.29, 0.717) is 31.3 Å². The smallest absolute Gasteiger partial charge is 0.224 e. The first-order chi connectivity index (χ1) is 9.31. The zero-order chi connectivity index (χ0) is 13.5. The van der Waals surface area contributed by atoms with Gasteiger partial charge in [-0.3, -0.25) is 5.10 Å². The van der Waals surface area contributed by atoms with Gasteiger partial charge in [0.05, 0.1) is 24.8 Å². The fourth-order valence-electron chi connectivity index (χ4n) is 1.61. The van der Waals surface area contributed by atoms with Crippen molar-refractivity contribution in [2.24, 2.45) is 0 Å². The third kappa shape index (κ3) is 3.76. The molecule has 2 heterocycles. The number of anilines is 2. The van der Waals surface area contributed by atoms with E-state index in [1.165, 1.54) is 0 Å². The number of ether oxygens (including phenoxy) is 2. The van der Waals surface area contributed by atoms with Gasteiger partial charge in [0.1, 0.15) is 5.82 Å². The van der Waals surface area contributed by atoms with Crippen molar-refractivity contribution in [2.75, 3.05) is 44.5 Å². The molecule has 0 atom stereocenters. The molecule has 0 spiro atoms. The third-order valence-electron chi connectivity index (χ3n) is 2.52. The Morgan fingerprint density at radius 1 is 1.32 bits per heavy atom. The van der Waals surface area contributed by atoms with Gasteiger partial charge in [0.25, 0.3) is 0 Å². The second-order valence-corrected chi connectivity index (χ2v) is 3.95. The van der Waals surface area contributed by atoms with Gasteiger partial charge in [-0.25, -0.2) is 0 Å². The molecule has 0 aliphatic rings. The molecule has 0 radical (unpaired) electrons. The highest BCUT2D eigenvalue weighted by Crippen LogP contribution is 2.18. The van der Waals surface area contributed by atoms with Crippen molar-refractivity contribution in [3.05, 3.63) is 6.20 Å². The molecule has 8 nitrogen and oxygen atoms in total. The number of H-pyrrole nitrogens is 1. The van der Waals surface area contributed by atoms with Crippen LogP contribution < -0.4 is 11.1 Å². The normalized spacial score (nSPS) is 11.0. The summed E-state index contributed by atoms with van der Waals surface area (Å²) in [4.78, 5) is 8.20. The summed E-state index contributed by atoms with van der Waals surface area (Å²) in [5.74, 6) is 0.906. The van der Waals surface area contributed by atoms with Crippen molar-refractivity contribution >= 4 is 22.8 Å². The summed E-state index contributed by atoms with van der Waals surface area (Å²) in [6.07, 6.45) is 2.54. The van der Waals surface area contributed by atoms with Gasteiger partial charge in [0, 0.05) is 20.3 Å². The summed E-state index contributed by atoms with van der Waals surface area (Å²) in [6.45, 7) is 2.64. The van der Waals surface area contributed by atoms with Gasteiger partial charge in [-0.2, -0.15) is 15.1 Å². The fraction of sp³-hybridized carbons (Fsp3) is 0.545. The number of aromatic nitrogens is 4. The topological polar surface area (TPSA) is 111 Å². The summed E-state index contributed by atoms with van der Waals surface area (Å²) >= 11 is 0. The van der Waals surface area contributed by atoms with Crippen molar-refractivity contribution < 1.29 is 9.47 Å². The monoisotopic (exact) mass is 266 g/mol. The quantitative estimate of drug-likeness (QED) is 0.593. The Balaban J connectivity index is 1.79. The Hall–Kier alpha value is -1.93. The minimum atomic E-state index is 0.218. The number of methoxy groups -OCH3 is 1. The van der Waals surface area contributed by atoms with Crippen LogP contribution >= 0.6 is 0 Å². The standard InChI is InChI=1S/C11H18N6O2/c1-18-5-6-19-4-2-3-13-9-8-7-14-17-10(8)16-11(12)15-9/h7H,2-6H2,1H3,(H4,12,13,14,15,16,17). The predicted molar refractivity (Wildman–Crippen MR) is 71.9 cm³/mol. The van der Waals surface area contributed by atoms with E-state index in [1.807, 2.05) is 0 Å². The molecular formula is C11H18N6O2. The van der Waals surface area contributed by atoms with Gasteiger partial charge >= 0.3 is 0 Å². The number of nitrogens with one attached hydrogen (secondary N) is 2. The zero-order valence-electron chi connectivity index (χ0n) is 10.8. The maximum Gasteiger partial charge on any atom is 0.224 e. The SMILES string of the molecule is COCCOCCCNc1nc(N)nc2[nH]ncc12. The van der Waals surface area contributed by atoms with E-state index >= 15 is 0 Å². The Bertz CT molecular complexity index is 515. The Morgan fingerprint density at radius 2 is 2.21 bits per heavy atom. The van der Waals surface area contributed by atoms with Gasteiger partial charge in [-0.05, 0) is 6.42 Å². The van der Waals surface area contributed by atoms with Gasteiger partial charge in [0.15, 0.2) is 5.65 Å². The minimum absolute atomic E-state index is 0.218. The molecule has 0 saturated heterocycles. The van der Waals surface area contributed by atoms with E-state index in [4.69, 9.17) is 15.2 Å². The molecular weight excluding hydrogens is 248 g/mol. The Labute approximate surface area is 110 Å². The summed E-state index contributed by atoms with van der Waals surface area (Å²) in [5, 5.41) is 10.7. The van der Waals surface area contributed by atoms with Crippen LogP contribution in [-0.4, -0.2) is 53.6 Å². The molecule has 0 saturated carbocycles. The van der Waals surface area contributed by atoms with Crippen molar-refractivity contribution in [3.63, 3.8) is 0 Å². The van der Waals surface area contributed by atoms with E-state index < -0.39 is 0 Å². The zero-order valence-corrected chi connectivity index (χ0v) is 10.8. The van der Waals surface area contributed by atoms with Gasteiger partial charge in [-0.15, -0.1) is 0 Å². The van der Waals surface area contributed by atoms with Crippen LogP contribution in [0.15, 0.2) is 6.20 Å². The molecule has 0 aliphatic carbocycles. The third-order valence-corrected chi connectivity index (χ3v) is 2.52. The maximum atomic E-state index is 5.62. The van der Waals surface area contributed by atoms with Gasteiger partial charge in [-0.1, -0.05) is 0 Å². The molecule has 0 fully saturated rings. The number of nitrogen functional groups attached to an aromatic ring is 1. The number of rotatable bonds is 8. The van der Waals surface area contributed by atoms with Crippen LogP contribution in [-0.2, 0) is 9.47 Å². The molecule has 19 heavy (non-hydrogen) atoms. The van der Waals surface area contributed by atoms with Crippen LogP contribution in [0.5, 0.6) is 0 Å². The first-order valence-electron chi connectivity index (χ1n) is 6.08. The van der Waals surface area contributed by atoms with Crippen molar-refractivity contribution in [3.8, 4) is 0 Å². The van der Waals surface area contributed by atoms with Gasteiger partial charge in [0.2, 0.25) is 5.95 Å². The summed E-state index contributed by atoms with van der Waals surface area (Å²) < 4.78 is 10.3. The first-order valence-corrected chi connectivity index (χ1v) is 6.08. The largest absolute Gasteiger partial charge is 0.382 e. The van der Waals surface area contributed by atoms with E-state index in [9.17, 15) is 0 Å². The molecule has 2 aromatic heterocycles. The van der Waals surface area contributed by atoms with Crippen molar-refractivity contribution in [1.82, 2.24) is 20.2 Å². The molecule has 0 aliphatic heterocycles. The minimum Gasteiger partial charge on any atom is -0.382 e. The molecule has 0 unspecified atom stereocenters. The predicted octanol–water partition coefficient (Wildman–Crippen LogP) is 0.400. The highest BCUT2D eigenvalue weighted by atomic mass is 16.5. The second-order valence-electron chi connectivity index (χ2n) is 3.95. The number of nitrogens with zero attached hydrogens (tertiary/aromatic N) is 3. The molecule has 4 N–H and O–H groups in total. The first kappa shape index (κ1) is 13.5. The number of fused-ring (bicyclic) bond motifs is 1. The van der Waals surface area contributed by atoms with Crippen LogP contribution in [0.1, 0.15) is 6.42 Å². The number of hydrogen-bond acceptors (Lipinski definition) is 7. The lowest BCUT2D eigenvalue weighted by atomic mass is 10.3. The Kier molecular flexibility index (Phi) is 4.87. The average molecular weight is 266 g/mol. The van der Waals surface area contributed by atoms with Gasteiger partial charge < -0.3 is 20.5 Å². The number of nitrogens with two attached hydrogens (primary N) is 1. The molecule has 2 aromatic rings. The number of hydrogen-bond donors (Lipinski definition) is 3. The van der Waals surface area contributed by atoms with E-state index in [-0.39, 0.29) is 5.95 Å². The van der Waals surface area contributed by atoms with E-state index in [2.05, 4.69) is 25.5 Å². The van der Waals surface area contributed by atoms with Crippen LogP contribution in [0, 0.1) is 0 Å². The van der Waals surface area contributed by atoms with Crippen molar-refractivity contribution in [1.29, 1.82) is 0 Å². The van der Waals surface area contributed by atoms with Crippen LogP contribution in [0.25, 0.3) is 11.0 Å². The fourth-order valence-corrected chi connectivity index (χ4v) is 1.61. The van der Waals surface area contributed by atoms with Crippen LogP contribution in [0.4, 0.5) is 11.8 Å². The highest BCUT2D eigenvalue weighted by Gasteiger charge is 2.06. The molecule has 8 heteroatoms. The molecule has 0 bridgehead atoms. The lowest BCUT2D eigenvalue weighted by Gasteiger charge is -2.07. The molecule has 2 rings (SSSR count). The summed E-state index contributed by atoms with van der Waals surface area (Å²) in [5.41, 5.74) is 6.25. The maximum absolute atomic E-state index is 5.62. The van der Waals surface area contributed by atoms with Crippen LogP contribution in [0.2, 0.25) is 0 Å². The Morgan fingerprint density at radius 3 is 3.05 bits per heavy atom. The second kappa shape index (κ2) is 6.86. The number of aromatic amines is 1. The van der Waals surface area contributed by atoms with E-state index in [0.717, 1.165) is 18.4 Å². The summed E-state index contributed by atoms with van der Waals surface area (Å²) in [7, 11) is 1.65. The molecule has 0 amide bonds. The van der Waals surface area contributed by atoms with Crippen molar-refractivity contribution in [2.45, 2.75) is 6.42 Å². The lowest BCUT2D eigenvalue weighted by Crippen LogP contribution is -2.10. The van der Waals surface area contributed by atoms with E-state index in [1.54, 1.807) is 13.3 Å².